The first-order valence-electron chi connectivity index (χ1n) is 6.08. The van der Waals surface area contributed by atoms with Crippen molar-refractivity contribution in [2.75, 3.05) is 0 Å². The largest absolute Gasteiger partial charge is 0.469 e. The molecule has 0 bridgehead atoms. The van der Waals surface area contributed by atoms with Crippen LogP contribution in [0.2, 0.25) is 0 Å². The van der Waals surface area contributed by atoms with Gasteiger partial charge >= 0.3 is 0 Å². The summed E-state index contributed by atoms with van der Waals surface area (Å²) in [5.41, 5.74) is 1.05. The van der Waals surface area contributed by atoms with Crippen LogP contribution >= 0.6 is 0 Å². The average molecular weight is 246 g/mol. The molecular weight excluding hydrogens is 228 g/mol. The molecule has 1 N–H and O–H groups in total. The number of nitrogens with zero attached hydrogens (tertiary/aromatic N) is 1. The van der Waals surface area contributed by atoms with E-state index < -0.39 is 0 Å². The first kappa shape index (κ1) is 12.6. The molecule has 0 aliphatic rings. The molecule has 2 aromatic heterocycles. The van der Waals surface area contributed by atoms with Crippen LogP contribution in [0.1, 0.15) is 25.2 Å². The molecule has 2 aromatic rings. The molecule has 0 amide bonds. The van der Waals surface area contributed by atoms with E-state index in [0.29, 0.717) is 18.5 Å². The Morgan fingerprint density at radius 1 is 1.33 bits per heavy atom. The number of furan rings is 1. The van der Waals surface area contributed by atoms with Crippen LogP contribution in [0.3, 0.4) is 0 Å². The van der Waals surface area contributed by atoms with Crippen molar-refractivity contribution in [2.24, 2.45) is 0 Å². The van der Waals surface area contributed by atoms with Gasteiger partial charge in [0.25, 0.3) is 0 Å². The van der Waals surface area contributed by atoms with Gasteiger partial charge in [0.1, 0.15) is 12.4 Å². The minimum Gasteiger partial charge on any atom is -0.469 e. The summed E-state index contributed by atoms with van der Waals surface area (Å²) < 4.78 is 10.9. The predicted molar refractivity (Wildman–Crippen MR) is 69.3 cm³/mol. The van der Waals surface area contributed by atoms with Crippen molar-refractivity contribution in [1.82, 2.24) is 10.3 Å². The summed E-state index contributed by atoms with van der Waals surface area (Å²) in [6.45, 7) is 5.37. The third-order valence-electron chi connectivity index (χ3n) is 2.48. The lowest BCUT2D eigenvalue weighted by atomic mass is 10.2. The fourth-order valence-corrected chi connectivity index (χ4v) is 1.54. The molecule has 0 radical (unpaired) electrons. The van der Waals surface area contributed by atoms with E-state index >= 15 is 0 Å². The van der Waals surface area contributed by atoms with Gasteiger partial charge in [0.2, 0.25) is 5.88 Å². The average Bonchev–Trinajstić information content (AvgIpc) is 2.88. The van der Waals surface area contributed by atoms with E-state index in [4.69, 9.17) is 9.15 Å². The fraction of sp³-hybridized carbons (Fsp3) is 0.357. The van der Waals surface area contributed by atoms with Gasteiger partial charge in [0.05, 0.1) is 6.26 Å². The third kappa shape index (κ3) is 3.60. The van der Waals surface area contributed by atoms with Gasteiger partial charge in [-0.2, -0.15) is 0 Å². The Morgan fingerprint density at radius 2 is 2.22 bits per heavy atom. The van der Waals surface area contributed by atoms with Crippen LogP contribution in [0.25, 0.3) is 0 Å². The molecule has 0 aromatic carbocycles. The topological polar surface area (TPSA) is 47.3 Å². The van der Waals surface area contributed by atoms with Gasteiger partial charge in [0.15, 0.2) is 0 Å². The van der Waals surface area contributed by atoms with E-state index in [0.717, 1.165) is 17.9 Å². The van der Waals surface area contributed by atoms with Crippen molar-refractivity contribution >= 4 is 0 Å². The minimum atomic E-state index is 0.401. The fourth-order valence-electron chi connectivity index (χ4n) is 1.54. The molecule has 2 rings (SSSR count). The number of nitrogens with one attached hydrogen (secondary N) is 1. The Labute approximate surface area is 107 Å². The van der Waals surface area contributed by atoms with Crippen molar-refractivity contribution < 1.29 is 9.15 Å². The predicted octanol–water partition coefficient (Wildman–Crippen LogP) is 2.75. The maximum absolute atomic E-state index is 5.67. The van der Waals surface area contributed by atoms with E-state index in [2.05, 4.69) is 24.1 Å². The third-order valence-corrected chi connectivity index (χ3v) is 2.48. The van der Waals surface area contributed by atoms with E-state index in [-0.39, 0.29) is 0 Å². The molecule has 2 heterocycles. The molecule has 96 valence electrons. The summed E-state index contributed by atoms with van der Waals surface area (Å²) in [5.74, 6) is 1.45. The molecule has 4 nitrogen and oxygen atoms in total. The van der Waals surface area contributed by atoms with Crippen LogP contribution < -0.4 is 10.1 Å². The normalized spacial score (nSPS) is 10.8. The Balaban J connectivity index is 1.98. The zero-order chi connectivity index (χ0) is 12.8. The lowest BCUT2D eigenvalue weighted by Crippen LogP contribution is -2.22. The molecule has 18 heavy (non-hydrogen) atoms. The molecular formula is C14H18N2O2. The zero-order valence-corrected chi connectivity index (χ0v) is 10.7. The maximum Gasteiger partial charge on any atom is 0.218 e. The summed E-state index contributed by atoms with van der Waals surface area (Å²) in [4.78, 5) is 4.25. The summed E-state index contributed by atoms with van der Waals surface area (Å²) in [7, 11) is 0. The Morgan fingerprint density at radius 3 is 2.94 bits per heavy atom. The quantitative estimate of drug-likeness (QED) is 0.851. The molecule has 4 heteroatoms. The number of pyridine rings is 1. The second kappa shape index (κ2) is 6.21. The van der Waals surface area contributed by atoms with Crippen molar-refractivity contribution in [1.29, 1.82) is 0 Å². The van der Waals surface area contributed by atoms with Crippen molar-refractivity contribution in [3.05, 3.63) is 48.0 Å². The van der Waals surface area contributed by atoms with Gasteiger partial charge in [-0.25, -0.2) is 4.98 Å². The van der Waals surface area contributed by atoms with Crippen LogP contribution in [0, 0.1) is 0 Å². The second-order valence-electron chi connectivity index (χ2n) is 4.37. The number of hydrogen-bond donors (Lipinski definition) is 1. The molecule has 0 saturated carbocycles. The highest BCUT2D eigenvalue weighted by Crippen LogP contribution is 2.16. The van der Waals surface area contributed by atoms with Gasteiger partial charge in [-0.3, -0.25) is 0 Å². The molecule has 0 fully saturated rings. The molecule has 0 saturated heterocycles. The SMILES string of the molecule is CC(C)NCc1cccnc1OCc1ccco1. The lowest BCUT2D eigenvalue weighted by molar-refractivity contribution is 0.257. The summed E-state index contributed by atoms with van der Waals surface area (Å²) in [5, 5.41) is 3.35. The van der Waals surface area contributed by atoms with Gasteiger partial charge < -0.3 is 14.5 Å². The monoisotopic (exact) mass is 246 g/mol. The highest BCUT2D eigenvalue weighted by Gasteiger charge is 2.06. The number of aromatic nitrogens is 1. The number of rotatable bonds is 6. The molecule has 0 aliphatic heterocycles. The summed E-state index contributed by atoms with van der Waals surface area (Å²) in [6, 6.07) is 8.09. The van der Waals surface area contributed by atoms with E-state index in [1.807, 2.05) is 24.3 Å². The summed E-state index contributed by atoms with van der Waals surface area (Å²) >= 11 is 0. The Bertz CT molecular complexity index is 466. The highest BCUT2D eigenvalue weighted by molar-refractivity contribution is 5.25. The van der Waals surface area contributed by atoms with Crippen molar-refractivity contribution in [3.8, 4) is 5.88 Å². The van der Waals surface area contributed by atoms with Crippen molar-refractivity contribution in [2.45, 2.75) is 33.0 Å². The number of hydrogen-bond acceptors (Lipinski definition) is 4. The van der Waals surface area contributed by atoms with E-state index in [1.165, 1.54) is 0 Å². The van der Waals surface area contributed by atoms with Gasteiger partial charge in [-0.05, 0) is 18.2 Å². The summed E-state index contributed by atoms with van der Waals surface area (Å²) in [6.07, 6.45) is 3.37. The lowest BCUT2D eigenvalue weighted by Gasteiger charge is -2.11. The highest BCUT2D eigenvalue weighted by atomic mass is 16.5. The van der Waals surface area contributed by atoms with Gasteiger partial charge in [0, 0.05) is 24.3 Å². The smallest absolute Gasteiger partial charge is 0.218 e. The second-order valence-corrected chi connectivity index (χ2v) is 4.37. The first-order valence-corrected chi connectivity index (χ1v) is 6.08. The number of ether oxygens (including phenoxy) is 1. The first-order chi connectivity index (χ1) is 8.75. The van der Waals surface area contributed by atoms with Crippen LogP contribution in [0.15, 0.2) is 41.1 Å². The standard InChI is InChI=1S/C14H18N2O2/c1-11(2)16-9-12-5-3-7-15-14(12)18-10-13-6-4-8-17-13/h3-8,11,16H,9-10H2,1-2H3. The van der Waals surface area contributed by atoms with Crippen LogP contribution in [0.5, 0.6) is 5.88 Å². The zero-order valence-electron chi connectivity index (χ0n) is 10.7. The Kier molecular flexibility index (Phi) is 4.36. The maximum atomic E-state index is 5.67. The minimum absolute atomic E-state index is 0.401. The van der Waals surface area contributed by atoms with Crippen LogP contribution in [-0.2, 0) is 13.2 Å². The molecule has 0 unspecified atom stereocenters. The molecule has 0 spiro atoms. The molecule has 0 atom stereocenters. The van der Waals surface area contributed by atoms with Gasteiger partial charge in [-0.15, -0.1) is 0 Å². The van der Waals surface area contributed by atoms with E-state index in [9.17, 15) is 0 Å². The van der Waals surface area contributed by atoms with Crippen LogP contribution in [-0.4, -0.2) is 11.0 Å². The molecule has 0 aliphatic carbocycles. The Hall–Kier alpha value is -1.81. The van der Waals surface area contributed by atoms with Crippen LogP contribution in [0.4, 0.5) is 0 Å². The van der Waals surface area contributed by atoms with Gasteiger partial charge in [-0.1, -0.05) is 19.9 Å². The van der Waals surface area contributed by atoms with E-state index in [1.54, 1.807) is 12.5 Å². The van der Waals surface area contributed by atoms with Crippen molar-refractivity contribution in [3.63, 3.8) is 0 Å².